The molecule has 2 aromatic rings. The van der Waals surface area contributed by atoms with Crippen LogP contribution in [0.4, 0.5) is 11.4 Å². The summed E-state index contributed by atoms with van der Waals surface area (Å²) in [6.07, 6.45) is 0. The largest absolute Gasteiger partial charge is 0.318 e. The highest BCUT2D eigenvalue weighted by molar-refractivity contribution is 6.43. The first-order valence-electron chi connectivity index (χ1n) is 5.86. The quantitative estimate of drug-likeness (QED) is 0.816. The number of para-hydroxylation sites is 1. The molecule has 0 bridgehead atoms. The van der Waals surface area contributed by atoms with Gasteiger partial charge in [0.15, 0.2) is 0 Å². The predicted octanol–water partition coefficient (Wildman–Crippen LogP) is 2.14. The normalized spacial score (nSPS) is 9.35. The van der Waals surface area contributed by atoms with Crippen LogP contribution in [0.5, 0.6) is 0 Å². The lowest BCUT2D eigenvalue weighted by Crippen LogP contribution is -2.29. The predicted molar refractivity (Wildman–Crippen MR) is 74.9 cm³/mol. The van der Waals surface area contributed by atoms with Gasteiger partial charge in [-0.2, -0.15) is 5.26 Å². The van der Waals surface area contributed by atoms with Crippen LogP contribution in [0.25, 0.3) is 0 Å². The maximum Gasteiger partial charge on any atom is 0.314 e. The zero-order valence-corrected chi connectivity index (χ0v) is 10.5. The molecule has 5 nitrogen and oxygen atoms in total. The summed E-state index contributed by atoms with van der Waals surface area (Å²) in [6.45, 7) is 0. The van der Waals surface area contributed by atoms with Gasteiger partial charge < -0.3 is 10.6 Å². The number of carbonyl (C=O) groups excluding carboxylic acids is 2. The Morgan fingerprint density at radius 1 is 0.800 bits per heavy atom. The van der Waals surface area contributed by atoms with Gasteiger partial charge in [0.2, 0.25) is 0 Å². The van der Waals surface area contributed by atoms with Gasteiger partial charge in [-0.1, -0.05) is 18.2 Å². The maximum absolute atomic E-state index is 11.7. The van der Waals surface area contributed by atoms with E-state index in [0.29, 0.717) is 16.9 Å². The molecular weight excluding hydrogens is 254 g/mol. The summed E-state index contributed by atoms with van der Waals surface area (Å²) in [7, 11) is 0. The third-order valence-electron chi connectivity index (χ3n) is 2.51. The van der Waals surface area contributed by atoms with E-state index in [0.717, 1.165) is 0 Å². The number of nitrogens with one attached hydrogen (secondary N) is 2. The minimum atomic E-state index is -0.765. The molecule has 0 aromatic heterocycles. The van der Waals surface area contributed by atoms with Crippen molar-refractivity contribution in [2.45, 2.75) is 0 Å². The van der Waals surface area contributed by atoms with E-state index in [1.807, 2.05) is 12.1 Å². The number of nitrogens with zero attached hydrogens (tertiary/aromatic N) is 1. The summed E-state index contributed by atoms with van der Waals surface area (Å²) >= 11 is 0. The first-order valence-corrected chi connectivity index (χ1v) is 5.86. The molecule has 0 atom stereocenters. The van der Waals surface area contributed by atoms with Crippen molar-refractivity contribution in [2.75, 3.05) is 10.6 Å². The molecule has 0 aliphatic rings. The van der Waals surface area contributed by atoms with Crippen molar-refractivity contribution in [2.24, 2.45) is 0 Å². The van der Waals surface area contributed by atoms with E-state index >= 15 is 0 Å². The number of carbonyl (C=O) groups is 2. The van der Waals surface area contributed by atoms with Crippen LogP contribution in [0.1, 0.15) is 5.56 Å². The molecule has 0 saturated carbocycles. The second-order valence-corrected chi connectivity index (χ2v) is 3.96. The summed E-state index contributed by atoms with van der Waals surface area (Å²) in [5.41, 5.74) is 1.49. The van der Waals surface area contributed by atoms with Gasteiger partial charge in [0, 0.05) is 11.4 Å². The lowest BCUT2D eigenvalue weighted by molar-refractivity contribution is -0.132. The summed E-state index contributed by atoms with van der Waals surface area (Å²) in [5.74, 6) is -1.51. The summed E-state index contributed by atoms with van der Waals surface area (Å²) in [6, 6.07) is 16.9. The van der Waals surface area contributed by atoms with E-state index in [-0.39, 0.29) is 0 Å². The van der Waals surface area contributed by atoms with Crippen LogP contribution in [-0.2, 0) is 9.59 Å². The van der Waals surface area contributed by atoms with E-state index in [1.54, 1.807) is 48.5 Å². The SMILES string of the molecule is N#Cc1ccc(NC(=O)C(=O)Nc2ccccc2)cc1. The summed E-state index contributed by atoms with van der Waals surface area (Å²) in [4.78, 5) is 23.3. The Kier molecular flexibility index (Phi) is 4.10. The van der Waals surface area contributed by atoms with Crippen molar-refractivity contribution in [1.82, 2.24) is 0 Å². The molecule has 0 radical (unpaired) electrons. The van der Waals surface area contributed by atoms with Gasteiger partial charge >= 0.3 is 11.8 Å². The maximum atomic E-state index is 11.7. The molecule has 2 aromatic carbocycles. The second kappa shape index (κ2) is 6.16. The van der Waals surface area contributed by atoms with Crippen molar-refractivity contribution in [3.05, 3.63) is 60.2 Å². The highest BCUT2D eigenvalue weighted by Gasteiger charge is 2.13. The van der Waals surface area contributed by atoms with E-state index < -0.39 is 11.8 Å². The topological polar surface area (TPSA) is 82.0 Å². The standard InChI is InChI=1S/C15H11N3O2/c16-10-11-6-8-13(9-7-11)18-15(20)14(19)17-12-4-2-1-3-5-12/h1-9H,(H,17,19)(H,18,20). The number of rotatable bonds is 2. The molecular formula is C15H11N3O2. The molecule has 0 heterocycles. The lowest BCUT2D eigenvalue weighted by Gasteiger charge is -2.06. The Hall–Kier alpha value is -3.13. The molecule has 0 saturated heterocycles. The van der Waals surface area contributed by atoms with E-state index in [4.69, 9.17) is 5.26 Å². The molecule has 0 aliphatic heterocycles. The molecule has 2 amide bonds. The minimum absolute atomic E-state index is 0.456. The zero-order valence-electron chi connectivity index (χ0n) is 10.5. The Balaban J connectivity index is 1.97. The zero-order chi connectivity index (χ0) is 14.4. The van der Waals surface area contributed by atoms with Gasteiger partial charge in [0.05, 0.1) is 11.6 Å². The van der Waals surface area contributed by atoms with Gasteiger partial charge in [-0.25, -0.2) is 0 Å². The number of hydrogen-bond donors (Lipinski definition) is 2. The molecule has 2 N–H and O–H groups in total. The van der Waals surface area contributed by atoms with Gasteiger partial charge in [0.1, 0.15) is 0 Å². The van der Waals surface area contributed by atoms with Crippen LogP contribution in [0.2, 0.25) is 0 Å². The monoisotopic (exact) mass is 265 g/mol. The molecule has 0 aliphatic carbocycles. The van der Waals surface area contributed by atoms with Crippen molar-refractivity contribution >= 4 is 23.2 Å². The van der Waals surface area contributed by atoms with Crippen LogP contribution >= 0.6 is 0 Å². The van der Waals surface area contributed by atoms with Crippen molar-refractivity contribution < 1.29 is 9.59 Å². The van der Waals surface area contributed by atoms with E-state index in [2.05, 4.69) is 10.6 Å². The fourth-order valence-electron chi connectivity index (χ4n) is 1.53. The smallest absolute Gasteiger partial charge is 0.314 e. The van der Waals surface area contributed by atoms with Crippen LogP contribution < -0.4 is 10.6 Å². The van der Waals surface area contributed by atoms with Gasteiger partial charge in [0.25, 0.3) is 0 Å². The molecule has 0 unspecified atom stereocenters. The average Bonchev–Trinajstić information content (AvgIpc) is 2.49. The molecule has 20 heavy (non-hydrogen) atoms. The van der Waals surface area contributed by atoms with Crippen molar-refractivity contribution in [1.29, 1.82) is 5.26 Å². The Bertz CT molecular complexity index is 658. The number of anilines is 2. The Morgan fingerprint density at radius 2 is 1.30 bits per heavy atom. The van der Waals surface area contributed by atoms with Crippen LogP contribution in [0.3, 0.4) is 0 Å². The fourth-order valence-corrected chi connectivity index (χ4v) is 1.53. The number of hydrogen-bond acceptors (Lipinski definition) is 3. The minimum Gasteiger partial charge on any atom is -0.318 e. The highest BCUT2D eigenvalue weighted by atomic mass is 16.2. The van der Waals surface area contributed by atoms with Crippen LogP contribution in [0, 0.1) is 11.3 Å². The molecule has 5 heteroatoms. The first kappa shape index (κ1) is 13.3. The fraction of sp³-hybridized carbons (Fsp3) is 0. The van der Waals surface area contributed by atoms with E-state index in [9.17, 15) is 9.59 Å². The second-order valence-electron chi connectivity index (χ2n) is 3.96. The van der Waals surface area contributed by atoms with Crippen LogP contribution in [0.15, 0.2) is 54.6 Å². The third-order valence-corrected chi connectivity index (χ3v) is 2.51. The van der Waals surface area contributed by atoms with Crippen molar-refractivity contribution in [3.8, 4) is 6.07 Å². The lowest BCUT2D eigenvalue weighted by atomic mass is 10.2. The van der Waals surface area contributed by atoms with Crippen LogP contribution in [-0.4, -0.2) is 11.8 Å². The summed E-state index contributed by atoms with van der Waals surface area (Å²) < 4.78 is 0. The molecule has 98 valence electrons. The molecule has 2 rings (SSSR count). The Morgan fingerprint density at radius 3 is 1.80 bits per heavy atom. The number of nitriles is 1. The number of benzene rings is 2. The van der Waals surface area contributed by atoms with E-state index in [1.165, 1.54) is 0 Å². The van der Waals surface area contributed by atoms with Gasteiger partial charge in [-0.3, -0.25) is 9.59 Å². The average molecular weight is 265 g/mol. The molecule has 0 spiro atoms. The third kappa shape index (κ3) is 3.43. The van der Waals surface area contributed by atoms with Gasteiger partial charge in [-0.15, -0.1) is 0 Å². The van der Waals surface area contributed by atoms with Gasteiger partial charge in [-0.05, 0) is 36.4 Å². The Labute approximate surface area is 115 Å². The van der Waals surface area contributed by atoms with Crippen molar-refractivity contribution in [3.63, 3.8) is 0 Å². The highest BCUT2D eigenvalue weighted by Crippen LogP contribution is 2.09. The molecule has 0 fully saturated rings. The summed E-state index contributed by atoms with van der Waals surface area (Å²) in [5, 5.41) is 13.6. The first-order chi connectivity index (χ1) is 9.69. The number of amides is 2.